The average Bonchev–Trinajstić information content (AvgIpc) is 2.77. The van der Waals surface area contributed by atoms with Crippen LogP contribution in [0.1, 0.15) is 9.67 Å². The maximum absolute atomic E-state index is 11.2. The maximum Gasteiger partial charge on any atom is 0.349 e. The first-order chi connectivity index (χ1) is 7.70. The minimum absolute atomic E-state index is 0.370. The average molecular weight is 254 g/mol. The molecule has 0 atom stereocenters. The van der Waals surface area contributed by atoms with Gasteiger partial charge < -0.3 is 4.74 Å². The van der Waals surface area contributed by atoms with E-state index in [1.807, 2.05) is 12.1 Å². The molecule has 1 aromatic heterocycles. The lowest BCUT2D eigenvalue weighted by atomic mass is 10.1. The second-order valence-corrected chi connectivity index (χ2v) is 4.32. The third-order valence-electron chi connectivity index (χ3n) is 2.02. The smallest absolute Gasteiger partial charge is 0.349 e. The number of nitrogens with zero attached hydrogens (tertiary/aromatic N) is 1. The van der Waals surface area contributed by atoms with Crippen molar-refractivity contribution >= 4 is 29.1 Å². The van der Waals surface area contributed by atoms with Gasteiger partial charge in [-0.2, -0.15) is 4.37 Å². The van der Waals surface area contributed by atoms with E-state index in [9.17, 15) is 4.79 Å². The topological polar surface area (TPSA) is 39.2 Å². The lowest BCUT2D eigenvalue weighted by Crippen LogP contribution is -1.96. The van der Waals surface area contributed by atoms with Gasteiger partial charge in [0, 0.05) is 10.6 Å². The number of esters is 1. The predicted molar refractivity (Wildman–Crippen MR) is 63.9 cm³/mol. The van der Waals surface area contributed by atoms with Crippen molar-refractivity contribution in [2.24, 2.45) is 0 Å². The van der Waals surface area contributed by atoms with Crippen LogP contribution >= 0.6 is 23.1 Å². The Hall–Kier alpha value is -1.39. The fraction of sp³-hybridized carbons (Fsp3) is 0.0909. The van der Waals surface area contributed by atoms with Gasteiger partial charge in [-0.1, -0.05) is 23.7 Å². The van der Waals surface area contributed by atoms with Gasteiger partial charge in [0.25, 0.3) is 0 Å². The molecule has 2 aromatic rings. The molecule has 0 aliphatic carbocycles. The number of halogens is 1. The van der Waals surface area contributed by atoms with E-state index in [4.69, 9.17) is 11.6 Å². The maximum atomic E-state index is 11.2. The van der Waals surface area contributed by atoms with E-state index in [1.165, 1.54) is 7.11 Å². The molecule has 0 spiro atoms. The minimum Gasteiger partial charge on any atom is -0.465 e. The lowest BCUT2D eigenvalue weighted by molar-refractivity contribution is 0.0606. The number of carbonyl (C=O) groups is 1. The number of benzene rings is 1. The summed E-state index contributed by atoms with van der Waals surface area (Å²) in [5, 5.41) is 0.644. The number of hydrogen-bond acceptors (Lipinski definition) is 4. The van der Waals surface area contributed by atoms with Gasteiger partial charge in [-0.25, -0.2) is 4.79 Å². The molecule has 82 valence electrons. The highest BCUT2D eigenvalue weighted by molar-refractivity contribution is 7.08. The highest BCUT2D eigenvalue weighted by Gasteiger charge is 2.11. The summed E-state index contributed by atoms with van der Waals surface area (Å²) in [5.41, 5.74) is 1.62. The largest absolute Gasteiger partial charge is 0.465 e. The number of methoxy groups -OCH3 is 1. The molecule has 0 aliphatic heterocycles. The van der Waals surface area contributed by atoms with E-state index in [2.05, 4.69) is 9.11 Å². The Morgan fingerprint density at radius 1 is 1.44 bits per heavy atom. The lowest BCUT2D eigenvalue weighted by Gasteiger charge is -1.95. The molecule has 2 rings (SSSR count). The summed E-state index contributed by atoms with van der Waals surface area (Å²) in [6, 6.07) is 9.02. The van der Waals surface area contributed by atoms with Gasteiger partial charge in [0.05, 0.1) is 12.8 Å². The van der Waals surface area contributed by atoms with E-state index in [1.54, 1.807) is 18.2 Å². The molecule has 0 saturated carbocycles. The zero-order chi connectivity index (χ0) is 11.5. The fourth-order valence-corrected chi connectivity index (χ4v) is 2.12. The molecular formula is C11H8ClNO2S. The molecule has 16 heavy (non-hydrogen) atoms. The molecule has 0 radical (unpaired) electrons. The van der Waals surface area contributed by atoms with E-state index in [0.717, 1.165) is 22.8 Å². The van der Waals surface area contributed by atoms with Crippen LogP contribution < -0.4 is 0 Å². The molecule has 0 bridgehead atoms. The fourth-order valence-electron chi connectivity index (χ4n) is 1.26. The molecule has 0 amide bonds. The summed E-state index contributed by atoms with van der Waals surface area (Å²) in [5.74, 6) is -0.370. The van der Waals surface area contributed by atoms with Crippen LogP contribution in [0, 0.1) is 0 Å². The van der Waals surface area contributed by atoms with Crippen LogP contribution in [0.3, 0.4) is 0 Å². The third-order valence-corrected chi connectivity index (χ3v) is 3.02. The molecule has 1 heterocycles. The van der Waals surface area contributed by atoms with E-state index < -0.39 is 0 Å². The van der Waals surface area contributed by atoms with Crippen LogP contribution in [0.4, 0.5) is 0 Å². The van der Waals surface area contributed by atoms with E-state index in [-0.39, 0.29) is 5.97 Å². The number of carbonyl (C=O) groups excluding carboxylic acids is 1. The minimum atomic E-state index is -0.370. The van der Waals surface area contributed by atoms with Crippen molar-refractivity contribution in [3.63, 3.8) is 0 Å². The first-order valence-electron chi connectivity index (χ1n) is 4.51. The summed E-state index contributed by atoms with van der Waals surface area (Å²) in [4.78, 5) is 11.7. The molecular weight excluding hydrogens is 246 g/mol. The molecule has 0 N–H and O–H groups in total. The highest BCUT2D eigenvalue weighted by atomic mass is 35.5. The number of aromatic nitrogens is 1. The first-order valence-corrected chi connectivity index (χ1v) is 5.67. The van der Waals surface area contributed by atoms with Gasteiger partial charge in [-0.15, -0.1) is 0 Å². The van der Waals surface area contributed by atoms with Crippen LogP contribution in [0.5, 0.6) is 0 Å². The molecule has 0 fully saturated rings. The van der Waals surface area contributed by atoms with E-state index >= 15 is 0 Å². The zero-order valence-corrected chi connectivity index (χ0v) is 10.0. The Balaban J connectivity index is 2.35. The van der Waals surface area contributed by atoms with Crippen LogP contribution in [0.25, 0.3) is 11.3 Å². The van der Waals surface area contributed by atoms with Gasteiger partial charge in [0.15, 0.2) is 0 Å². The number of ether oxygens (including phenoxy) is 1. The quantitative estimate of drug-likeness (QED) is 0.772. The van der Waals surface area contributed by atoms with Crippen molar-refractivity contribution in [1.82, 2.24) is 4.37 Å². The van der Waals surface area contributed by atoms with Crippen LogP contribution in [-0.2, 0) is 4.74 Å². The van der Waals surface area contributed by atoms with Crippen molar-refractivity contribution in [2.45, 2.75) is 0 Å². The Morgan fingerprint density at radius 3 is 2.94 bits per heavy atom. The molecule has 0 saturated heterocycles. The van der Waals surface area contributed by atoms with Crippen molar-refractivity contribution in [1.29, 1.82) is 0 Å². The summed E-state index contributed by atoms with van der Waals surface area (Å²) in [7, 11) is 1.35. The van der Waals surface area contributed by atoms with Gasteiger partial charge in [-0.3, -0.25) is 0 Å². The van der Waals surface area contributed by atoms with Crippen molar-refractivity contribution < 1.29 is 9.53 Å². The third kappa shape index (κ3) is 2.23. The van der Waals surface area contributed by atoms with Crippen LogP contribution in [0.2, 0.25) is 5.02 Å². The summed E-state index contributed by atoms with van der Waals surface area (Å²) >= 11 is 6.99. The number of hydrogen-bond donors (Lipinski definition) is 0. The van der Waals surface area contributed by atoms with Crippen LogP contribution in [-0.4, -0.2) is 17.5 Å². The summed E-state index contributed by atoms with van der Waals surface area (Å²) < 4.78 is 8.79. The Labute approximate surface area is 102 Å². The Morgan fingerprint density at radius 2 is 2.25 bits per heavy atom. The van der Waals surface area contributed by atoms with Gasteiger partial charge in [-0.05, 0) is 29.7 Å². The Bertz CT molecular complexity index is 524. The molecule has 0 aliphatic rings. The first kappa shape index (κ1) is 11.1. The number of rotatable bonds is 2. The van der Waals surface area contributed by atoms with Crippen molar-refractivity contribution in [3.8, 4) is 11.3 Å². The second kappa shape index (κ2) is 4.63. The van der Waals surface area contributed by atoms with Crippen molar-refractivity contribution in [3.05, 3.63) is 40.2 Å². The SMILES string of the molecule is COC(=O)c1cc(-c2cccc(Cl)c2)ns1. The zero-order valence-electron chi connectivity index (χ0n) is 8.44. The normalized spacial score (nSPS) is 10.1. The molecule has 5 heteroatoms. The van der Waals surface area contributed by atoms with Crippen LogP contribution in [0.15, 0.2) is 30.3 Å². The monoisotopic (exact) mass is 253 g/mol. The molecule has 3 nitrogen and oxygen atoms in total. The van der Waals surface area contributed by atoms with Gasteiger partial charge >= 0.3 is 5.97 Å². The standard InChI is InChI=1S/C11H8ClNO2S/c1-15-11(14)10-6-9(13-16-10)7-3-2-4-8(12)5-7/h2-6H,1H3. The second-order valence-electron chi connectivity index (χ2n) is 3.08. The summed E-state index contributed by atoms with van der Waals surface area (Å²) in [6.45, 7) is 0. The Kier molecular flexibility index (Phi) is 3.22. The highest BCUT2D eigenvalue weighted by Crippen LogP contribution is 2.24. The molecule has 0 unspecified atom stereocenters. The van der Waals surface area contributed by atoms with Gasteiger partial charge in [0.1, 0.15) is 4.88 Å². The molecule has 1 aromatic carbocycles. The summed E-state index contributed by atoms with van der Waals surface area (Å²) in [6.07, 6.45) is 0. The van der Waals surface area contributed by atoms with Gasteiger partial charge in [0.2, 0.25) is 0 Å². The van der Waals surface area contributed by atoms with Crippen molar-refractivity contribution in [2.75, 3.05) is 7.11 Å². The van der Waals surface area contributed by atoms with E-state index in [0.29, 0.717) is 9.90 Å². The predicted octanol–water partition coefficient (Wildman–Crippen LogP) is 3.25.